The monoisotopic (exact) mass is 439 g/mol. The van der Waals surface area contributed by atoms with E-state index in [1.54, 1.807) is 11.9 Å². The van der Waals surface area contributed by atoms with Gasteiger partial charge in [0.2, 0.25) is 5.91 Å². The van der Waals surface area contributed by atoms with E-state index < -0.39 is 28.2 Å². The maximum Gasteiger partial charge on any atom is 0.391 e. The van der Waals surface area contributed by atoms with Gasteiger partial charge in [0.15, 0.2) is 0 Å². The lowest BCUT2D eigenvalue weighted by molar-refractivity contribution is -0.187. The van der Waals surface area contributed by atoms with E-state index in [9.17, 15) is 26.4 Å². The molecular weight excluding hydrogens is 407 g/mol. The molecule has 10 heteroatoms. The van der Waals surface area contributed by atoms with Gasteiger partial charge in [-0.25, -0.2) is 0 Å². The fraction of sp³-hybridized carbons (Fsp3) is 0.947. The highest BCUT2D eigenvalue weighted by Gasteiger charge is 2.44. The summed E-state index contributed by atoms with van der Waals surface area (Å²) < 4.78 is 67.8. The van der Waals surface area contributed by atoms with Crippen LogP contribution in [0, 0.1) is 11.8 Å². The highest BCUT2D eigenvalue weighted by atomic mass is 32.2. The van der Waals surface area contributed by atoms with Gasteiger partial charge in [-0.1, -0.05) is 25.7 Å². The second-order valence-electron chi connectivity index (χ2n) is 8.64. The Kier molecular flexibility index (Phi) is 7.15. The summed E-state index contributed by atoms with van der Waals surface area (Å²) in [6.45, 7) is 0.870. The molecular formula is C19H32F3N3O3S. The van der Waals surface area contributed by atoms with E-state index in [4.69, 9.17) is 0 Å². The fourth-order valence-electron chi connectivity index (χ4n) is 4.92. The van der Waals surface area contributed by atoms with Crippen LogP contribution in [-0.2, 0) is 15.0 Å². The molecule has 1 amide bonds. The third-order valence-corrected chi connectivity index (χ3v) is 8.86. The van der Waals surface area contributed by atoms with E-state index in [-0.39, 0.29) is 51.0 Å². The van der Waals surface area contributed by atoms with E-state index in [0.717, 1.165) is 32.1 Å². The van der Waals surface area contributed by atoms with Crippen molar-refractivity contribution in [2.75, 3.05) is 33.2 Å². The molecule has 6 nitrogen and oxygen atoms in total. The fourth-order valence-corrected chi connectivity index (χ4v) is 6.50. The van der Waals surface area contributed by atoms with Crippen LogP contribution >= 0.6 is 0 Å². The lowest BCUT2D eigenvalue weighted by Gasteiger charge is -2.40. The first-order valence-corrected chi connectivity index (χ1v) is 12.1. The van der Waals surface area contributed by atoms with Crippen molar-refractivity contribution >= 4 is 16.1 Å². The standard InChI is InChI=1S/C19H32F3N3O3S/c1-23(17-8-3-2-4-9-17)29(27,28)25-12-10-24(11-13-25)18(26)15-6-5-7-16(14-15)19(20,21)22/h15-17H,2-14H2,1H3. The summed E-state index contributed by atoms with van der Waals surface area (Å²) in [5.41, 5.74) is 0. The maximum absolute atomic E-state index is 13.0. The molecule has 0 aromatic carbocycles. The third kappa shape index (κ3) is 5.25. The number of amides is 1. The van der Waals surface area contributed by atoms with E-state index in [2.05, 4.69) is 0 Å². The molecule has 3 rings (SSSR count). The highest BCUT2D eigenvalue weighted by molar-refractivity contribution is 7.86. The summed E-state index contributed by atoms with van der Waals surface area (Å²) in [6.07, 6.45) is 1.52. The minimum absolute atomic E-state index is 0.0231. The molecule has 2 atom stereocenters. The van der Waals surface area contributed by atoms with Gasteiger partial charge in [0.05, 0.1) is 5.92 Å². The molecule has 0 aromatic rings. The van der Waals surface area contributed by atoms with Crippen LogP contribution in [0.3, 0.4) is 0 Å². The van der Waals surface area contributed by atoms with Crippen LogP contribution in [-0.4, -0.2) is 73.3 Å². The van der Waals surface area contributed by atoms with Crippen molar-refractivity contribution in [3.05, 3.63) is 0 Å². The number of alkyl halides is 3. The van der Waals surface area contributed by atoms with Gasteiger partial charge in [-0.15, -0.1) is 0 Å². The topological polar surface area (TPSA) is 60.9 Å². The number of hydrogen-bond acceptors (Lipinski definition) is 3. The van der Waals surface area contributed by atoms with Gasteiger partial charge in [-0.05, 0) is 32.1 Å². The summed E-state index contributed by atoms with van der Waals surface area (Å²) in [7, 11) is -1.96. The second kappa shape index (κ2) is 9.09. The molecule has 0 N–H and O–H groups in total. The van der Waals surface area contributed by atoms with Crippen LogP contribution in [0.2, 0.25) is 0 Å². The minimum Gasteiger partial charge on any atom is -0.340 e. The maximum atomic E-state index is 13.0. The van der Waals surface area contributed by atoms with Gasteiger partial charge in [-0.2, -0.15) is 30.2 Å². The lowest BCUT2D eigenvalue weighted by Crippen LogP contribution is -2.56. The molecule has 2 aliphatic carbocycles. The quantitative estimate of drug-likeness (QED) is 0.677. The first kappa shape index (κ1) is 22.8. The molecule has 1 saturated heterocycles. The largest absolute Gasteiger partial charge is 0.391 e. The molecule has 0 spiro atoms. The molecule has 0 aromatic heterocycles. The van der Waals surface area contributed by atoms with Crippen LogP contribution < -0.4 is 0 Å². The van der Waals surface area contributed by atoms with Crippen molar-refractivity contribution in [2.24, 2.45) is 11.8 Å². The van der Waals surface area contributed by atoms with Crippen molar-refractivity contribution < 1.29 is 26.4 Å². The average Bonchev–Trinajstić information content (AvgIpc) is 2.73. The predicted octanol–water partition coefficient (Wildman–Crippen LogP) is 3.01. The van der Waals surface area contributed by atoms with Crippen LogP contribution in [0.5, 0.6) is 0 Å². The molecule has 1 heterocycles. The SMILES string of the molecule is CN(C1CCCCC1)S(=O)(=O)N1CCN(C(=O)C2CCCC(C(F)(F)F)C2)CC1. The smallest absolute Gasteiger partial charge is 0.340 e. The zero-order chi connectivity index (χ0) is 21.2. The van der Waals surface area contributed by atoms with Crippen molar-refractivity contribution in [2.45, 2.75) is 70.0 Å². The van der Waals surface area contributed by atoms with Crippen LogP contribution in [0.4, 0.5) is 13.2 Å². The zero-order valence-corrected chi connectivity index (χ0v) is 17.8. The molecule has 29 heavy (non-hydrogen) atoms. The second-order valence-corrected chi connectivity index (χ2v) is 10.6. The molecule has 1 aliphatic heterocycles. The van der Waals surface area contributed by atoms with E-state index >= 15 is 0 Å². The van der Waals surface area contributed by atoms with Gasteiger partial charge in [0, 0.05) is 45.2 Å². The normalized spacial score (nSPS) is 28.7. The van der Waals surface area contributed by atoms with Gasteiger partial charge in [-0.3, -0.25) is 4.79 Å². The Morgan fingerprint density at radius 3 is 2.14 bits per heavy atom. The van der Waals surface area contributed by atoms with Crippen molar-refractivity contribution in [3.8, 4) is 0 Å². The predicted molar refractivity (Wildman–Crippen MR) is 103 cm³/mol. The number of carbonyl (C=O) groups is 1. The van der Waals surface area contributed by atoms with Gasteiger partial charge in [0.1, 0.15) is 0 Å². The Bertz CT molecular complexity index is 672. The first-order chi connectivity index (χ1) is 13.6. The van der Waals surface area contributed by atoms with E-state index in [1.165, 1.54) is 8.61 Å². The van der Waals surface area contributed by atoms with Gasteiger partial charge >= 0.3 is 6.18 Å². The molecule has 0 bridgehead atoms. The zero-order valence-electron chi connectivity index (χ0n) is 17.0. The number of halogens is 3. The Hall–Kier alpha value is -0.870. The number of nitrogens with zero attached hydrogens (tertiary/aromatic N) is 3. The molecule has 2 unspecified atom stereocenters. The van der Waals surface area contributed by atoms with E-state index in [1.807, 2.05) is 0 Å². The molecule has 3 aliphatic rings. The Morgan fingerprint density at radius 2 is 1.55 bits per heavy atom. The molecule has 3 fully saturated rings. The van der Waals surface area contributed by atoms with Crippen molar-refractivity contribution in [1.82, 2.24) is 13.5 Å². The van der Waals surface area contributed by atoms with Gasteiger partial charge < -0.3 is 4.90 Å². The van der Waals surface area contributed by atoms with Crippen LogP contribution in [0.15, 0.2) is 0 Å². The van der Waals surface area contributed by atoms with Crippen molar-refractivity contribution in [3.63, 3.8) is 0 Å². The summed E-state index contributed by atoms with van der Waals surface area (Å²) in [5, 5.41) is 0. The van der Waals surface area contributed by atoms with Crippen LogP contribution in [0.25, 0.3) is 0 Å². The number of rotatable bonds is 4. The Morgan fingerprint density at radius 1 is 0.931 bits per heavy atom. The Labute approximate surface area is 171 Å². The van der Waals surface area contributed by atoms with Crippen LogP contribution in [0.1, 0.15) is 57.8 Å². The summed E-state index contributed by atoms with van der Waals surface area (Å²) in [6, 6.07) is 0.0231. The molecule has 2 saturated carbocycles. The molecule has 168 valence electrons. The average molecular weight is 440 g/mol. The van der Waals surface area contributed by atoms with Crippen molar-refractivity contribution in [1.29, 1.82) is 0 Å². The number of hydrogen-bond donors (Lipinski definition) is 0. The summed E-state index contributed by atoms with van der Waals surface area (Å²) in [5.74, 6) is -2.27. The minimum atomic E-state index is -4.25. The number of piperazine rings is 1. The molecule has 0 radical (unpaired) electrons. The van der Waals surface area contributed by atoms with E-state index in [0.29, 0.717) is 12.8 Å². The summed E-state index contributed by atoms with van der Waals surface area (Å²) in [4.78, 5) is 14.3. The lowest BCUT2D eigenvalue weighted by atomic mass is 9.80. The number of carbonyl (C=O) groups excluding carboxylic acids is 1. The third-order valence-electron chi connectivity index (χ3n) is 6.82. The van der Waals surface area contributed by atoms with Gasteiger partial charge in [0.25, 0.3) is 10.2 Å². The highest BCUT2D eigenvalue weighted by Crippen LogP contribution is 2.40. The first-order valence-electron chi connectivity index (χ1n) is 10.7. The Balaban J connectivity index is 1.55. The summed E-state index contributed by atoms with van der Waals surface area (Å²) >= 11 is 0.